The predicted octanol–water partition coefficient (Wildman–Crippen LogP) is 7.07. The van der Waals surface area contributed by atoms with Gasteiger partial charge >= 0.3 is 18.6 Å². The molecule has 131 valence electrons. The Bertz CT molecular complexity index is 494. The van der Waals surface area contributed by atoms with Gasteiger partial charge in [0, 0.05) is 0 Å². The molecule has 0 fully saturated rings. The molecule has 0 heterocycles. The number of rotatable bonds is 0. The molecule has 0 N–H and O–H groups in total. The van der Waals surface area contributed by atoms with Gasteiger partial charge in [0.05, 0.1) is 0 Å². The summed E-state index contributed by atoms with van der Waals surface area (Å²) in [5.74, 6) is 0. The maximum absolute atomic E-state index is 3.44. The van der Waals surface area contributed by atoms with Gasteiger partial charge < -0.3 is 0 Å². The van der Waals surface area contributed by atoms with Crippen molar-refractivity contribution in [3.8, 4) is 0 Å². The van der Waals surface area contributed by atoms with Crippen molar-refractivity contribution in [3.05, 3.63) is 45.6 Å². The second-order valence-corrected chi connectivity index (χ2v) is 7.25. The molecule has 0 spiro atoms. The van der Waals surface area contributed by atoms with Crippen LogP contribution in [0, 0.1) is 23.0 Å². The maximum Gasteiger partial charge on any atom is 2.00 e. The molecule has 2 rings (SSSR count). The first-order chi connectivity index (χ1) is 8.90. The summed E-state index contributed by atoms with van der Waals surface area (Å²) < 4.78 is 0. The molecule has 0 atom stereocenters. The van der Waals surface area contributed by atoms with Crippen molar-refractivity contribution in [1.29, 1.82) is 0 Å². The molecule has 0 amide bonds. The third-order valence-corrected chi connectivity index (χ3v) is 5.12. The summed E-state index contributed by atoms with van der Waals surface area (Å²) in [6.07, 6.45) is 6.87. The summed E-state index contributed by atoms with van der Waals surface area (Å²) in [7, 11) is 0. The summed E-state index contributed by atoms with van der Waals surface area (Å²) in [6.45, 7) is 21.8. The van der Waals surface area contributed by atoms with Crippen LogP contribution in [-0.4, -0.2) is 0 Å². The minimum atomic E-state index is 0. The Morgan fingerprint density at radius 2 is 0.783 bits per heavy atom. The minimum absolute atomic E-state index is 0. The topological polar surface area (TPSA) is 0 Å². The largest absolute Gasteiger partial charge is 2.00 e. The smallest absolute Gasteiger partial charge is 0.263 e. The molecular formula is C20H32Cl2V. The van der Waals surface area contributed by atoms with Gasteiger partial charge in [-0.15, -0.1) is 38.7 Å². The van der Waals surface area contributed by atoms with Crippen LogP contribution in [0.5, 0.6) is 0 Å². The first-order valence-electron chi connectivity index (χ1n) is 7.50. The van der Waals surface area contributed by atoms with Gasteiger partial charge in [-0.1, -0.05) is 66.2 Å². The van der Waals surface area contributed by atoms with Crippen molar-refractivity contribution < 1.29 is 18.6 Å². The van der Waals surface area contributed by atoms with E-state index in [-0.39, 0.29) is 54.2 Å². The molecule has 0 aromatic heterocycles. The molecule has 0 saturated heterocycles. The molecule has 2 aliphatic rings. The fourth-order valence-electron chi connectivity index (χ4n) is 2.81. The normalized spacial score (nSPS) is 20.4. The first-order valence-corrected chi connectivity index (χ1v) is 7.50. The molecule has 0 aromatic rings. The summed E-state index contributed by atoms with van der Waals surface area (Å²) in [5.41, 5.74) is 8.79. The number of hydrogen-bond acceptors (Lipinski definition) is 0. The van der Waals surface area contributed by atoms with Crippen molar-refractivity contribution in [3.63, 3.8) is 0 Å². The van der Waals surface area contributed by atoms with Crippen LogP contribution in [0.3, 0.4) is 0 Å². The summed E-state index contributed by atoms with van der Waals surface area (Å²) >= 11 is 0. The zero-order valence-electron chi connectivity index (χ0n) is 16.3. The Morgan fingerprint density at radius 1 is 0.565 bits per heavy atom. The van der Waals surface area contributed by atoms with E-state index < -0.39 is 0 Å². The van der Waals surface area contributed by atoms with E-state index >= 15 is 0 Å². The van der Waals surface area contributed by atoms with Crippen LogP contribution in [0.25, 0.3) is 0 Å². The summed E-state index contributed by atoms with van der Waals surface area (Å²) in [6, 6.07) is 0. The van der Waals surface area contributed by atoms with Gasteiger partial charge in [0.1, 0.15) is 0 Å². The van der Waals surface area contributed by atoms with Crippen LogP contribution in [0.1, 0.15) is 69.2 Å². The molecular weight excluding hydrogens is 362 g/mol. The Balaban J connectivity index is -0.000000308. The van der Waals surface area contributed by atoms with Gasteiger partial charge in [-0.05, 0) is 0 Å². The van der Waals surface area contributed by atoms with Crippen LogP contribution >= 0.6 is 24.8 Å². The van der Waals surface area contributed by atoms with Gasteiger partial charge in [-0.25, -0.2) is 11.1 Å². The zero-order chi connectivity index (χ0) is 15.9. The van der Waals surface area contributed by atoms with Gasteiger partial charge in [0.15, 0.2) is 0 Å². The van der Waals surface area contributed by atoms with E-state index in [1.54, 1.807) is 0 Å². The molecule has 0 aliphatic heterocycles. The van der Waals surface area contributed by atoms with Gasteiger partial charge in [0.25, 0.3) is 0 Å². The maximum atomic E-state index is 3.44. The average molecular weight is 394 g/mol. The molecule has 0 aromatic carbocycles. The Hall–Kier alpha value is 0.124. The van der Waals surface area contributed by atoms with E-state index in [2.05, 4.69) is 81.4 Å². The van der Waals surface area contributed by atoms with Crippen LogP contribution in [0.2, 0.25) is 0 Å². The van der Waals surface area contributed by atoms with Gasteiger partial charge in [-0.3, -0.25) is 12.2 Å². The molecule has 0 nitrogen and oxygen atoms in total. The monoisotopic (exact) mass is 393 g/mol. The second kappa shape index (κ2) is 9.57. The van der Waals surface area contributed by atoms with Crippen molar-refractivity contribution >= 4 is 24.8 Å². The fourth-order valence-corrected chi connectivity index (χ4v) is 2.81. The van der Waals surface area contributed by atoms with Crippen molar-refractivity contribution in [2.24, 2.45) is 10.8 Å². The van der Waals surface area contributed by atoms with Gasteiger partial charge in [-0.2, -0.15) is 22.3 Å². The molecule has 3 heteroatoms. The molecule has 0 unspecified atom stereocenters. The van der Waals surface area contributed by atoms with E-state index in [1.807, 2.05) is 0 Å². The third kappa shape index (κ3) is 6.16. The Kier molecular flexibility index (Phi) is 11.6. The molecule has 0 bridgehead atoms. The summed E-state index contributed by atoms with van der Waals surface area (Å²) in [4.78, 5) is 0. The second-order valence-electron chi connectivity index (χ2n) is 7.25. The van der Waals surface area contributed by atoms with E-state index in [1.165, 1.54) is 33.4 Å². The first kappa shape index (κ1) is 27.9. The van der Waals surface area contributed by atoms with E-state index in [0.29, 0.717) is 0 Å². The Labute approximate surface area is 168 Å². The standard InChI is InChI=1S/2C10H15.2ClH.V/c2*1-7-6-10(4,5)9(3)8(7)2;;;/h2*1-5H3;2*1H;/q2*-1;;;+2. The van der Waals surface area contributed by atoms with Crippen LogP contribution in [0.4, 0.5) is 0 Å². The Morgan fingerprint density at radius 3 is 0.826 bits per heavy atom. The third-order valence-electron chi connectivity index (χ3n) is 5.12. The quantitative estimate of drug-likeness (QED) is 0.386. The zero-order valence-corrected chi connectivity index (χ0v) is 19.3. The molecule has 2 aliphatic carbocycles. The average Bonchev–Trinajstić information content (AvgIpc) is 2.60. The number of allylic oxidation sites excluding steroid dienone is 8. The number of halogens is 2. The van der Waals surface area contributed by atoms with E-state index in [9.17, 15) is 0 Å². The van der Waals surface area contributed by atoms with Crippen LogP contribution in [0.15, 0.2) is 33.4 Å². The predicted molar refractivity (Wildman–Crippen MR) is 104 cm³/mol. The molecule has 0 saturated carbocycles. The van der Waals surface area contributed by atoms with E-state index in [4.69, 9.17) is 0 Å². The van der Waals surface area contributed by atoms with E-state index in [0.717, 1.165) is 0 Å². The molecule has 1 radical (unpaired) electrons. The summed E-state index contributed by atoms with van der Waals surface area (Å²) in [5, 5.41) is 0. The molecule has 23 heavy (non-hydrogen) atoms. The minimum Gasteiger partial charge on any atom is -0.263 e. The van der Waals surface area contributed by atoms with Crippen molar-refractivity contribution in [2.75, 3.05) is 0 Å². The van der Waals surface area contributed by atoms with Crippen LogP contribution in [-0.2, 0) is 18.6 Å². The SMILES string of the molecule is CC1=[C-]C(C)(C)C(C)=C1C.CC1=[C-]C(C)(C)C(C)=C1C.Cl.Cl.[V+2]. The fraction of sp³-hybridized carbons (Fsp3) is 0.600. The van der Waals surface area contributed by atoms with Crippen molar-refractivity contribution in [2.45, 2.75) is 69.2 Å². The van der Waals surface area contributed by atoms with Crippen LogP contribution < -0.4 is 0 Å². The van der Waals surface area contributed by atoms with Crippen molar-refractivity contribution in [1.82, 2.24) is 0 Å². The van der Waals surface area contributed by atoms with Gasteiger partial charge in [0.2, 0.25) is 0 Å². The number of hydrogen-bond donors (Lipinski definition) is 0.